The zero-order valence-corrected chi connectivity index (χ0v) is 15.5. The molecule has 1 heterocycles. The third-order valence-electron chi connectivity index (χ3n) is 4.53. The van der Waals surface area contributed by atoms with Gasteiger partial charge in [0.1, 0.15) is 17.7 Å². The Bertz CT molecular complexity index is 869. The maximum absolute atomic E-state index is 13.7. The minimum absolute atomic E-state index is 0.144. The highest BCUT2D eigenvalue weighted by Crippen LogP contribution is 2.27. The average molecular weight is 388 g/mol. The minimum atomic E-state index is -0.939. The number of rotatable bonds is 5. The molecule has 0 radical (unpaired) electrons. The summed E-state index contributed by atoms with van der Waals surface area (Å²) in [5.74, 6) is -2.36. The van der Waals surface area contributed by atoms with E-state index in [0.717, 1.165) is 26.2 Å². The van der Waals surface area contributed by atoms with Gasteiger partial charge in [-0.15, -0.1) is 0 Å². The van der Waals surface area contributed by atoms with Gasteiger partial charge in [-0.3, -0.25) is 9.59 Å². The summed E-state index contributed by atoms with van der Waals surface area (Å²) in [6.45, 7) is 4.53. The van der Waals surface area contributed by atoms with Gasteiger partial charge in [0.2, 0.25) is 5.91 Å². The number of halogens is 2. The predicted octanol–water partition coefficient (Wildman–Crippen LogP) is 2.13. The monoisotopic (exact) mass is 388 g/mol. The zero-order valence-electron chi connectivity index (χ0n) is 15.5. The SMILES string of the molecule is CC(NC(=O)c1ccccc1F)C(=O)Nc1cc(F)ccc1N1CCNCC1. The molecule has 1 saturated heterocycles. The standard InChI is InChI=1S/C20H22F2N4O2/c1-13(24-20(28)15-4-2-3-5-16(15)22)19(27)25-17-12-14(21)6-7-18(17)26-10-8-23-9-11-26/h2-7,12-13,23H,8-11H2,1H3,(H,24,28)(H,25,27). The molecule has 1 aliphatic rings. The molecule has 8 heteroatoms. The first-order chi connectivity index (χ1) is 13.5. The van der Waals surface area contributed by atoms with Crippen LogP contribution in [0.2, 0.25) is 0 Å². The number of piperazine rings is 1. The van der Waals surface area contributed by atoms with Gasteiger partial charge in [0.15, 0.2) is 0 Å². The molecule has 1 fully saturated rings. The van der Waals surface area contributed by atoms with E-state index in [4.69, 9.17) is 0 Å². The fourth-order valence-electron chi connectivity index (χ4n) is 3.02. The van der Waals surface area contributed by atoms with Gasteiger partial charge in [0, 0.05) is 26.2 Å². The molecule has 148 valence electrons. The highest BCUT2D eigenvalue weighted by molar-refractivity contribution is 6.02. The summed E-state index contributed by atoms with van der Waals surface area (Å²) in [5.41, 5.74) is 0.900. The van der Waals surface area contributed by atoms with Crippen LogP contribution in [0, 0.1) is 11.6 Å². The molecule has 0 aliphatic carbocycles. The van der Waals surface area contributed by atoms with Gasteiger partial charge >= 0.3 is 0 Å². The summed E-state index contributed by atoms with van der Waals surface area (Å²) < 4.78 is 27.5. The predicted molar refractivity (Wildman–Crippen MR) is 103 cm³/mol. The summed E-state index contributed by atoms with van der Waals surface area (Å²) >= 11 is 0. The largest absolute Gasteiger partial charge is 0.367 e. The Morgan fingerprint density at radius 2 is 1.82 bits per heavy atom. The highest BCUT2D eigenvalue weighted by Gasteiger charge is 2.21. The maximum atomic E-state index is 13.7. The first-order valence-corrected chi connectivity index (χ1v) is 9.07. The molecule has 2 amide bonds. The van der Waals surface area contributed by atoms with Crippen LogP contribution in [0.25, 0.3) is 0 Å². The lowest BCUT2D eigenvalue weighted by molar-refractivity contribution is -0.117. The molecule has 28 heavy (non-hydrogen) atoms. The number of hydrogen-bond donors (Lipinski definition) is 3. The molecule has 3 rings (SSSR count). The van der Waals surface area contributed by atoms with Crippen LogP contribution in [-0.4, -0.2) is 44.0 Å². The van der Waals surface area contributed by atoms with Crippen LogP contribution in [0.1, 0.15) is 17.3 Å². The van der Waals surface area contributed by atoms with Crippen molar-refractivity contribution < 1.29 is 18.4 Å². The van der Waals surface area contributed by atoms with Crippen LogP contribution >= 0.6 is 0 Å². The van der Waals surface area contributed by atoms with Gasteiger partial charge in [-0.25, -0.2) is 8.78 Å². The molecule has 6 nitrogen and oxygen atoms in total. The molecular weight excluding hydrogens is 366 g/mol. The zero-order chi connectivity index (χ0) is 20.1. The first-order valence-electron chi connectivity index (χ1n) is 9.07. The van der Waals surface area contributed by atoms with Crippen molar-refractivity contribution in [3.8, 4) is 0 Å². The molecule has 0 spiro atoms. The number of carbonyl (C=O) groups excluding carboxylic acids is 2. The number of hydrogen-bond acceptors (Lipinski definition) is 4. The van der Waals surface area contributed by atoms with Crippen LogP contribution in [0.5, 0.6) is 0 Å². The Labute approximate surface area is 161 Å². The molecular formula is C20H22F2N4O2. The molecule has 1 aliphatic heterocycles. The van der Waals surface area contributed by atoms with E-state index in [1.54, 1.807) is 6.07 Å². The van der Waals surface area contributed by atoms with Crippen molar-refractivity contribution in [2.24, 2.45) is 0 Å². The third kappa shape index (κ3) is 4.64. The molecule has 2 aromatic rings. The topological polar surface area (TPSA) is 73.5 Å². The molecule has 0 bridgehead atoms. The Balaban J connectivity index is 1.71. The molecule has 1 atom stereocenters. The van der Waals surface area contributed by atoms with E-state index in [1.807, 2.05) is 4.90 Å². The second-order valence-electron chi connectivity index (χ2n) is 6.56. The van der Waals surface area contributed by atoms with Crippen molar-refractivity contribution in [3.05, 3.63) is 59.7 Å². The van der Waals surface area contributed by atoms with Crippen molar-refractivity contribution in [3.63, 3.8) is 0 Å². The molecule has 1 unspecified atom stereocenters. The van der Waals surface area contributed by atoms with Crippen molar-refractivity contribution in [2.75, 3.05) is 36.4 Å². The maximum Gasteiger partial charge on any atom is 0.254 e. The number of amides is 2. The van der Waals surface area contributed by atoms with Gasteiger partial charge < -0.3 is 20.9 Å². The Kier molecular flexibility index (Phi) is 6.20. The van der Waals surface area contributed by atoms with E-state index in [-0.39, 0.29) is 5.56 Å². The van der Waals surface area contributed by atoms with E-state index in [1.165, 1.54) is 43.3 Å². The minimum Gasteiger partial charge on any atom is -0.367 e. The van der Waals surface area contributed by atoms with Crippen molar-refractivity contribution in [1.29, 1.82) is 0 Å². The fourth-order valence-corrected chi connectivity index (χ4v) is 3.02. The van der Waals surface area contributed by atoms with Gasteiger partial charge in [-0.1, -0.05) is 12.1 Å². The normalized spacial score (nSPS) is 15.0. The van der Waals surface area contributed by atoms with Crippen LogP contribution in [0.15, 0.2) is 42.5 Å². The Morgan fingerprint density at radius 1 is 1.11 bits per heavy atom. The number of benzene rings is 2. The van der Waals surface area contributed by atoms with E-state index in [0.29, 0.717) is 11.4 Å². The molecule has 3 N–H and O–H groups in total. The highest BCUT2D eigenvalue weighted by atomic mass is 19.1. The third-order valence-corrected chi connectivity index (χ3v) is 4.53. The fraction of sp³-hybridized carbons (Fsp3) is 0.300. The number of anilines is 2. The lowest BCUT2D eigenvalue weighted by Crippen LogP contribution is -2.44. The van der Waals surface area contributed by atoms with Crippen molar-refractivity contribution in [2.45, 2.75) is 13.0 Å². The van der Waals surface area contributed by atoms with Gasteiger partial charge in [-0.2, -0.15) is 0 Å². The van der Waals surface area contributed by atoms with E-state index in [2.05, 4.69) is 16.0 Å². The lowest BCUT2D eigenvalue weighted by atomic mass is 10.1. The number of nitrogens with one attached hydrogen (secondary N) is 3. The van der Waals surface area contributed by atoms with Gasteiger partial charge in [-0.05, 0) is 37.3 Å². The lowest BCUT2D eigenvalue weighted by Gasteiger charge is -2.31. The summed E-state index contributed by atoms with van der Waals surface area (Å²) in [5, 5.41) is 8.37. The van der Waals surface area contributed by atoms with Crippen LogP contribution in [-0.2, 0) is 4.79 Å². The van der Waals surface area contributed by atoms with Crippen molar-refractivity contribution >= 4 is 23.2 Å². The Hall–Kier alpha value is -3.00. The van der Waals surface area contributed by atoms with Crippen LogP contribution in [0.4, 0.5) is 20.2 Å². The van der Waals surface area contributed by atoms with Crippen molar-refractivity contribution in [1.82, 2.24) is 10.6 Å². The number of carbonyl (C=O) groups is 2. The second-order valence-corrected chi connectivity index (χ2v) is 6.56. The second kappa shape index (κ2) is 8.79. The summed E-state index contributed by atoms with van der Waals surface area (Å²) in [6.07, 6.45) is 0. The smallest absolute Gasteiger partial charge is 0.254 e. The van der Waals surface area contributed by atoms with E-state index < -0.39 is 29.5 Å². The summed E-state index contributed by atoms with van der Waals surface area (Å²) in [6, 6.07) is 8.80. The number of nitrogens with zero attached hydrogens (tertiary/aromatic N) is 1. The molecule has 0 saturated carbocycles. The quantitative estimate of drug-likeness (QED) is 0.734. The van der Waals surface area contributed by atoms with Crippen LogP contribution in [0.3, 0.4) is 0 Å². The molecule has 0 aromatic heterocycles. The Morgan fingerprint density at radius 3 is 2.54 bits per heavy atom. The van der Waals surface area contributed by atoms with Gasteiger partial charge in [0.05, 0.1) is 16.9 Å². The van der Waals surface area contributed by atoms with E-state index in [9.17, 15) is 18.4 Å². The van der Waals surface area contributed by atoms with Crippen LogP contribution < -0.4 is 20.9 Å². The van der Waals surface area contributed by atoms with E-state index >= 15 is 0 Å². The first kappa shape index (κ1) is 19.8. The molecule has 2 aromatic carbocycles. The average Bonchev–Trinajstić information content (AvgIpc) is 2.69. The summed E-state index contributed by atoms with van der Waals surface area (Å²) in [7, 11) is 0. The summed E-state index contributed by atoms with van der Waals surface area (Å²) in [4.78, 5) is 26.8. The van der Waals surface area contributed by atoms with Gasteiger partial charge in [0.25, 0.3) is 5.91 Å².